The first-order valence-corrected chi connectivity index (χ1v) is 7.40. The third-order valence-electron chi connectivity index (χ3n) is 5.07. The van der Waals surface area contributed by atoms with Crippen LogP contribution in [-0.4, -0.2) is 6.29 Å². The quantitative estimate of drug-likeness (QED) is 0.518. The van der Waals surface area contributed by atoms with Crippen LogP contribution in [0.4, 0.5) is 0 Å². The van der Waals surface area contributed by atoms with Gasteiger partial charge in [0, 0.05) is 5.41 Å². The van der Waals surface area contributed by atoms with Gasteiger partial charge >= 0.3 is 0 Å². The predicted molar refractivity (Wildman–Crippen MR) is 71.8 cm³/mol. The average molecular weight is 234 g/mol. The van der Waals surface area contributed by atoms with Crippen molar-refractivity contribution >= 4 is 6.29 Å². The molecule has 0 aliphatic heterocycles. The zero-order valence-corrected chi connectivity index (χ0v) is 11.2. The summed E-state index contributed by atoms with van der Waals surface area (Å²) < 4.78 is 0. The van der Waals surface area contributed by atoms with Crippen molar-refractivity contribution in [2.45, 2.75) is 64.7 Å². The Morgan fingerprint density at radius 1 is 1.00 bits per heavy atom. The molecule has 0 N–H and O–H groups in total. The van der Waals surface area contributed by atoms with Gasteiger partial charge in [-0.15, -0.1) is 0 Å². The molecular weight excluding hydrogens is 208 g/mol. The summed E-state index contributed by atoms with van der Waals surface area (Å²) in [6.07, 6.45) is 17.2. The fourth-order valence-electron chi connectivity index (χ4n) is 3.99. The lowest BCUT2D eigenvalue weighted by molar-refractivity contribution is -0.122. The zero-order valence-electron chi connectivity index (χ0n) is 11.2. The van der Waals surface area contributed by atoms with E-state index in [1.807, 2.05) is 0 Å². The number of carbonyl (C=O) groups is 1. The Morgan fingerprint density at radius 3 is 2.18 bits per heavy atom. The summed E-state index contributed by atoms with van der Waals surface area (Å²) in [5.41, 5.74) is 0.0686. The molecule has 0 atom stereocenters. The first-order valence-electron chi connectivity index (χ1n) is 7.40. The van der Waals surface area contributed by atoms with Gasteiger partial charge in [0.25, 0.3) is 0 Å². The van der Waals surface area contributed by atoms with Crippen LogP contribution in [0.3, 0.4) is 0 Å². The molecule has 0 radical (unpaired) electrons. The van der Waals surface area contributed by atoms with Gasteiger partial charge in [0.1, 0.15) is 6.29 Å². The van der Waals surface area contributed by atoms with Gasteiger partial charge in [0.05, 0.1) is 0 Å². The fraction of sp³-hybridized carbons (Fsp3) is 0.812. The topological polar surface area (TPSA) is 17.1 Å². The minimum absolute atomic E-state index is 0.0686. The molecular formula is C16H26O. The van der Waals surface area contributed by atoms with Crippen LogP contribution in [0.1, 0.15) is 64.7 Å². The van der Waals surface area contributed by atoms with Gasteiger partial charge in [0.15, 0.2) is 0 Å². The van der Waals surface area contributed by atoms with E-state index in [9.17, 15) is 4.79 Å². The van der Waals surface area contributed by atoms with E-state index in [2.05, 4.69) is 19.1 Å². The molecule has 0 aromatic heterocycles. The van der Waals surface area contributed by atoms with E-state index in [-0.39, 0.29) is 5.41 Å². The molecule has 1 nitrogen and oxygen atoms in total. The van der Waals surface area contributed by atoms with Crippen LogP contribution >= 0.6 is 0 Å². The van der Waals surface area contributed by atoms with Crippen molar-refractivity contribution in [1.82, 2.24) is 0 Å². The summed E-state index contributed by atoms with van der Waals surface area (Å²) in [5, 5.41) is 0. The summed E-state index contributed by atoms with van der Waals surface area (Å²) in [5.74, 6) is 1.46. The molecule has 2 aliphatic rings. The Balaban J connectivity index is 1.96. The van der Waals surface area contributed by atoms with E-state index >= 15 is 0 Å². The van der Waals surface area contributed by atoms with Crippen LogP contribution < -0.4 is 0 Å². The van der Waals surface area contributed by atoms with Gasteiger partial charge in [-0.1, -0.05) is 31.4 Å². The second kappa shape index (κ2) is 5.84. The van der Waals surface area contributed by atoms with Crippen LogP contribution in [0.2, 0.25) is 0 Å². The van der Waals surface area contributed by atoms with E-state index in [1.165, 1.54) is 51.2 Å². The summed E-state index contributed by atoms with van der Waals surface area (Å²) in [6, 6.07) is 0. The Labute approximate surface area is 106 Å². The normalized spacial score (nSPS) is 33.7. The molecule has 0 unspecified atom stereocenters. The van der Waals surface area contributed by atoms with E-state index in [1.54, 1.807) is 0 Å². The van der Waals surface area contributed by atoms with Crippen molar-refractivity contribution in [3.63, 3.8) is 0 Å². The van der Waals surface area contributed by atoms with Crippen LogP contribution in [0.5, 0.6) is 0 Å². The van der Waals surface area contributed by atoms with Crippen molar-refractivity contribution in [2.75, 3.05) is 0 Å². The van der Waals surface area contributed by atoms with E-state index in [0.717, 1.165) is 18.8 Å². The molecule has 2 rings (SSSR count). The summed E-state index contributed by atoms with van der Waals surface area (Å²) in [6.45, 7) is 2.11. The summed E-state index contributed by atoms with van der Waals surface area (Å²) in [4.78, 5) is 11.6. The lowest BCUT2D eigenvalue weighted by atomic mass is 9.61. The molecule has 0 amide bonds. The first-order chi connectivity index (χ1) is 8.30. The molecule has 17 heavy (non-hydrogen) atoms. The minimum atomic E-state index is 0.0686. The number of hydrogen-bond donors (Lipinski definition) is 0. The lowest BCUT2D eigenvalue weighted by Crippen LogP contribution is -2.36. The predicted octanol–water partition coefficient (Wildman–Crippen LogP) is 4.52. The number of rotatable bonds is 3. The highest BCUT2D eigenvalue weighted by Gasteiger charge is 2.40. The van der Waals surface area contributed by atoms with Gasteiger partial charge in [0.2, 0.25) is 0 Å². The average Bonchev–Trinajstić information content (AvgIpc) is 2.41. The molecule has 0 aromatic carbocycles. The number of carbonyl (C=O) groups excluding carboxylic acids is 1. The molecule has 96 valence electrons. The van der Waals surface area contributed by atoms with Gasteiger partial charge in [-0.3, -0.25) is 0 Å². The maximum Gasteiger partial charge on any atom is 0.126 e. The second-order valence-electron chi connectivity index (χ2n) is 6.05. The first kappa shape index (κ1) is 12.9. The van der Waals surface area contributed by atoms with E-state index < -0.39 is 0 Å². The SMILES string of the molecule is C/C=C/[C@H]1CC[C@H](C2(C=O)CCCCC2)CC1. The monoisotopic (exact) mass is 234 g/mol. The molecule has 0 bridgehead atoms. The second-order valence-corrected chi connectivity index (χ2v) is 6.05. The van der Waals surface area contributed by atoms with Crippen molar-refractivity contribution in [2.24, 2.45) is 17.3 Å². The molecule has 0 spiro atoms. The van der Waals surface area contributed by atoms with Gasteiger partial charge in [-0.2, -0.15) is 0 Å². The Bertz CT molecular complexity index is 265. The van der Waals surface area contributed by atoms with Gasteiger partial charge in [-0.25, -0.2) is 0 Å². The van der Waals surface area contributed by atoms with Crippen molar-refractivity contribution in [1.29, 1.82) is 0 Å². The fourth-order valence-corrected chi connectivity index (χ4v) is 3.99. The third kappa shape index (κ3) is 2.81. The van der Waals surface area contributed by atoms with E-state index in [4.69, 9.17) is 0 Å². The zero-order chi connectivity index (χ0) is 12.1. The number of hydrogen-bond acceptors (Lipinski definition) is 1. The van der Waals surface area contributed by atoms with Crippen LogP contribution in [0.15, 0.2) is 12.2 Å². The maximum atomic E-state index is 11.6. The largest absolute Gasteiger partial charge is 0.303 e. The van der Waals surface area contributed by atoms with Crippen LogP contribution in [-0.2, 0) is 4.79 Å². The summed E-state index contributed by atoms with van der Waals surface area (Å²) in [7, 11) is 0. The van der Waals surface area contributed by atoms with E-state index in [0.29, 0.717) is 5.92 Å². The van der Waals surface area contributed by atoms with Gasteiger partial charge < -0.3 is 4.79 Å². The molecule has 2 saturated carbocycles. The molecule has 0 saturated heterocycles. The minimum Gasteiger partial charge on any atom is -0.303 e. The lowest BCUT2D eigenvalue weighted by Gasteiger charge is -2.42. The Hall–Kier alpha value is -0.590. The Kier molecular flexibility index (Phi) is 4.42. The maximum absolute atomic E-state index is 11.6. The Morgan fingerprint density at radius 2 is 1.65 bits per heavy atom. The molecule has 1 heteroatoms. The van der Waals surface area contributed by atoms with Crippen molar-refractivity contribution in [3.8, 4) is 0 Å². The number of allylic oxidation sites excluding steroid dienone is 2. The third-order valence-corrected chi connectivity index (χ3v) is 5.07. The highest BCUT2D eigenvalue weighted by Crippen LogP contribution is 2.47. The molecule has 0 aromatic rings. The van der Waals surface area contributed by atoms with Crippen LogP contribution in [0, 0.1) is 17.3 Å². The molecule has 2 aliphatic carbocycles. The molecule has 0 heterocycles. The molecule has 2 fully saturated rings. The van der Waals surface area contributed by atoms with Crippen LogP contribution in [0.25, 0.3) is 0 Å². The van der Waals surface area contributed by atoms with Crippen molar-refractivity contribution < 1.29 is 4.79 Å². The highest BCUT2D eigenvalue weighted by atomic mass is 16.1. The number of aldehydes is 1. The van der Waals surface area contributed by atoms with Crippen molar-refractivity contribution in [3.05, 3.63) is 12.2 Å². The standard InChI is InChI=1S/C16H26O/c1-2-6-14-7-9-15(10-8-14)16(13-17)11-4-3-5-12-16/h2,6,13-15H,3-5,7-12H2,1H3/b6-2+/t14-,15-. The van der Waals surface area contributed by atoms with Gasteiger partial charge in [-0.05, 0) is 57.3 Å². The highest BCUT2D eigenvalue weighted by molar-refractivity contribution is 5.60. The summed E-state index contributed by atoms with van der Waals surface area (Å²) >= 11 is 0. The smallest absolute Gasteiger partial charge is 0.126 e.